The highest BCUT2D eigenvalue weighted by atomic mass is 16.2. The molecule has 0 radical (unpaired) electrons. The first-order valence-electron chi connectivity index (χ1n) is 8.30. The summed E-state index contributed by atoms with van der Waals surface area (Å²) >= 11 is 0. The lowest BCUT2D eigenvalue weighted by atomic mass is 10.1. The van der Waals surface area contributed by atoms with Crippen molar-refractivity contribution in [2.24, 2.45) is 0 Å². The standard InChI is InChI=1S/C19H24N4O/c1-12-10-15(21-18(20-12)22-19(3,4)5)17(24)23-13(2)11-14-8-6-7-9-16(14)23/h6-10,13H,11H2,1-5H3,(H,20,21,22). The van der Waals surface area contributed by atoms with Gasteiger partial charge in [0.2, 0.25) is 5.95 Å². The van der Waals surface area contributed by atoms with E-state index in [2.05, 4.69) is 28.3 Å². The maximum absolute atomic E-state index is 13.1. The average Bonchev–Trinajstić information content (AvgIpc) is 2.79. The van der Waals surface area contributed by atoms with Crippen molar-refractivity contribution >= 4 is 17.5 Å². The zero-order valence-electron chi connectivity index (χ0n) is 14.9. The molecule has 5 nitrogen and oxygen atoms in total. The van der Waals surface area contributed by atoms with E-state index in [1.807, 2.05) is 50.8 Å². The highest BCUT2D eigenvalue weighted by molar-refractivity contribution is 6.06. The summed E-state index contributed by atoms with van der Waals surface area (Å²) in [4.78, 5) is 23.8. The van der Waals surface area contributed by atoms with Crippen LogP contribution in [0.25, 0.3) is 0 Å². The van der Waals surface area contributed by atoms with Crippen LogP contribution < -0.4 is 10.2 Å². The zero-order chi connectivity index (χ0) is 17.5. The Morgan fingerprint density at radius 2 is 1.96 bits per heavy atom. The van der Waals surface area contributed by atoms with Crippen molar-refractivity contribution in [1.29, 1.82) is 0 Å². The third-order valence-corrected chi connectivity index (χ3v) is 3.99. The third-order valence-electron chi connectivity index (χ3n) is 3.99. The maximum Gasteiger partial charge on any atom is 0.277 e. The van der Waals surface area contributed by atoms with Gasteiger partial charge in [-0.05, 0) is 58.7 Å². The molecule has 24 heavy (non-hydrogen) atoms. The van der Waals surface area contributed by atoms with Crippen LogP contribution in [0.1, 0.15) is 49.4 Å². The van der Waals surface area contributed by atoms with E-state index < -0.39 is 0 Å². The number of amides is 1. The number of rotatable bonds is 2. The Hall–Kier alpha value is -2.43. The summed E-state index contributed by atoms with van der Waals surface area (Å²) < 4.78 is 0. The third kappa shape index (κ3) is 3.25. The number of para-hydroxylation sites is 1. The van der Waals surface area contributed by atoms with Crippen molar-refractivity contribution in [3.05, 3.63) is 47.3 Å². The number of carbonyl (C=O) groups is 1. The van der Waals surface area contributed by atoms with Gasteiger partial charge in [-0.15, -0.1) is 0 Å². The number of nitrogens with one attached hydrogen (secondary N) is 1. The van der Waals surface area contributed by atoms with Crippen LogP contribution in [0, 0.1) is 6.92 Å². The number of aromatic nitrogens is 2. The predicted octanol–water partition coefficient (Wildman–Crippen LogP) is 3.59. The average molecular weight is 324 g/mol. The Kier molecular flexibility index (Phi) is 4.03. The van der Waals surface area contributed by atoms with Crippen molar-refractivity contribution in [2.45, 2.75) is 52.6 Å². The fourth-order valence-electron chi connectivity index (χ4n) is 3.07. The van der Waals surface area contributed by atoms with E-state index in [-0.39, 0.29) is 17.5 Å². The van der Waals surface area contributed by atoms with Crippen LogP contribution in [0.15, 0.2) is 30.3 Å². The number of aryl methyl sites for hydroxylation is 1. The van der Waals surface area contributed by atoms with Gasteiger partial charge in [-0.1, -0.05) is 18.2 Å². The van der Waals surface area contributed by atoms with Gasteiger partial charge in [-0.2, -0.15) is 0 Å². The van der Waals surface area contributed by atoms with Gasteiger partial charge in [0.15, 0.2) is 0 Å². The van der Waals surface area contributed by atoms with E-state index in [4.69, 9.17) is 0 Å². The second-order valence-corrected chi connectivity index (χ2v) is 7.45. The van der Waals surface area contributed by atoms with E-state index in [1.54, 1.807) is 6.07 Å². The molecule has 0 bridgehead atoms. The number of fused-ring (bicyclic) bond motifs is 1. The van der Waals surface area contributed by atoms with Crippen LogP contribution in [0.5, 0.6) is 0 Å². The molecule has 0 aliphatic carbocycles. The SMILES string of the molecule is Cc1cc(C(=O)N2c3ccccc3CC2C)nc(NC(C)(C)C)n1. The molecule has 5 heteroatoms. The molecule has 3 rings (SSSR count). The molecule has 1 aliphatic rings. The Morgan fingerprint density at radius 1 is 1.25 bits per heavy atom. The Bertz CT molecular complexity index is 779. The molecule has 1 unspecified atom stereocenters. The summed E-state index contributed by atoms with van der Waals surface area (Å²) in [6.45, 7) is 10.1. The lowest BCUT2D eigenvalue weighted by molar-refractivity contribution is 0.0976. The fraction of sp³-hybridized carbons (Fsp3) is 0.421. The van der Waals surface area contributed by atoms with Crippen LogP contribution in [0.2, 0.25) is 0 Å². The molecule has 0 spiro atoms. The smallest absolute Gasteiger partial charge is 0.277 e. The van der Waals surface area contributed by atoms with Crippen molar-refractivity contribution in [3.8, 4) is 0 Å². The van der Waals surface area contributed by atoms with Gasteiger partial charge >= 0.3 is 0 Å². The summed E-state index contributed by atoms with van der Waals surface area (Å²) in [5.74, 6) is 0.417. The molecule has 1 aromatic carbocycles. The molecule has 126 valence electrons. The molecule has 0 saturated carbocycles. The Morgan fingerprint density at radius 3 is 2.67 bits per heavy atom. The van der Waals surface area contributed by atoms with Gasteiger partial charge in [-0.25, -0.2) is 9.97 Å². The molecular weight excluding hydrogens is 300 g/mol. The molecule has 1 atom stereocenters. The lowest BCUT2D eigenvalue weighted by Crippen LogP contribution is -2.36. The molecule has 1 aliphatic heterocycles. The van der Waals surface area contributed by atoms with E-state index in [0.29, 0.717) is 11.6 Å². The number of carbonyl (C=O) groups excluding carboxylic acids is 1. The van der Waals surface area contributed by atoms with Gasteiger partial charge in [0.05, 0.1) is 0 Å². The first-order valence-corrected chi connectivity index (χ1v) is 8.30. The first kappa shape index (κ1) is 16.4. The summed E-state index contributed by atoms with van der Waals surface area (Å²) in [6, 6.07) is 9.94. The Labute approximate surface area is 143 Å². The number of nitrogens with zero attached hydrogens (tertiary/aromatic N) is 3. The quantitative estimate of drug-likeness (QED) is 0.917. The van der Waals surface area contributed by atoms with Crippen LogP contribution in [-0.4, -0.2) is 27.5 Å². The monoisotopic (exact) mass is 324 g/mol. The summed E-state index contributed by atoms with van der Waals surface area (Å²) in [5, 5.41) is 3.25. The van der Waals surface area contributed by atoms with E-state index in [1.165, 1.54) is 5.56 Å². The van der Waals surface area contributed by atoms with Crippen molar-refractivity contribution < 1.29 is 4.79 Å². The number of anilines is 2. The largest absolute Gasteiger partial charge is 0.350 e. The molecule has 0 fully saturated rings. The predicted molar refractivity (Wildman–Crippen MR) is 96.6 cm³/mol. The van der Waals surface area contributed by atoms with E-state index in [9.17, 15) is 4.79 Å². The normalized spacial score (nSPS) is 16.9. The molecule has 2 heterocycles. The van der Waals surface area contributed by atoms with Gasteiger partial charge < -0.3 is 10.2 Å². The highest BCUT2D eigenvalue weighted by Crippen LogP contribution is 2.33. The fourth-order valence-corrected chi connectivity index (χ4v) is 3.07. The second kappa shape index (κ2) is 5.89. The topological polar surface area (TPSA) is 58.1 Å². The highest BCUT2D eigenvalue weighted by Gasteiger charge is 2.32. The van der Waals surface area contributed by atoms with E-state index in [0.717, 1.165) is 17.8 Å². The minimum Gasteiger partial charge on any atom is -0.350 e. The first-order chi connectivity index (χ1) is 11.2. The van der Waals surface area contributed by atoms with Crippen LogP contribution in [0.4, 0.5) is 11.6 Å². The lowest BCUT2D eigenvalue weighted by Gasteiger charge is -2.24. The molecule has 0 saturated heterocycles. The summed E-state index contributed by atoms with van der Waals surface area (Å²) in [7, 11) is 0. The molecule has 1 amide bonds. The van der Waals surface area contributed by atoms with Gasteiger partial charge in [0.1, 0.15) is 5.69 Å². The minimum absolute atomic E-state index is 0.0742. The summed E-state index contributed by atoms with van der Waals surface area (Å²) in [5.41, 5.74) is 3.23. The van der Waals surface area contributed by atoms with Crippen molar-refractivity contribution in [3.63, 3.8) is 0 Å². The maximum atomic E-state index is 13.1. The number of benzene rings is 1. The number of hydrogen-bond acceptors (Lipinski definition) is 4. The van der Waals surface area contributed by atoms with E-state index >= 15 is 0 Å². The van der Waals surface area contributed by atoms with Gasteiger partial charge in [0.25, 0.3) is 5.91 Å². The Balaban J connectivity index is 1.96. The molecular formula is C19H24N4O. The molecule has 2 aromatic rings. The van der Waals surface area contributed by atoms with Crippen LogP contribution >= 0.6 is 0 Å². The second-order valence-electron chi connectivity index (χ2n) is 7.45. The van der Waals surface area contributed by atoms with Crippen LogP contribution in [-0.2, 0) is 6.42 Å². The minimum atomic E-state index is -0.165. The van der Waals surface area contributed by atoms with Crippen molar-refractivity contribution in [1.82, 2.24) is 9.97 Å². The van der Waals surface area contributed by atoms with Gasteiger partial charge in [-0.3, -0.25) is 4.79 Å². The van der Waals surface area contributed by atoms with Gasteiger partial charge in [0, 0.05) is 23.0 Å². The molecule has 1 N–H and O–H groups in total. The molecule has 1 aromatic heterocycles. The van der Waals surface area contributed by atoms with Crippen LogP contribution in [0.3, 0.4) is 0 Å². The zero-order valence-corrected chi connectivity index (χ0v) is 14.9. The van der Waals surface area contributed by atoms with Crippen molar-refractivity contribution in [2.75, 3.05) is 10.2 Å². The summed E-state index contributed by atoms with van der Waals surface area (Å²) in [6.07, 6.45) is 0.874. The number of hydrogen-bond donors (Lipinski definition) is 1.